The molecule has 1 saturated carbocycles. The summed E-state index contributed by atoms with van der Waals surface area (Å²) in [6.07, 6.45) is 4.26. The molecule has 1 amide bonds. The summed E-state index contributed by atoms with van der Waals surface area (Å²) in [5.74, 6) is 0.393. The molecule has 0 aromatic carbocycles. The van der Waals surface area contributed by atoms with Crippen molar-refractivity contribution in [2.45, 2.75) is 32.1 Å². The van der Waals surface area contributed by atoms with E-state index >= 15 is 0 Å². The maximum atomic E-state index is 12.2. The Kier molecular flexibility index (Phi) is 3.96. The van der Waals surface area contributed by atoms with E-state index in [1.807, 2.05) is 0 Å². The van der Waals surface area contributed by atoms with Crippen LogP contribution in [0, 0.1) is 5.41 Å². The molecule has 5 nitrogen and oxygen atoms in total. The van der Waals surface area contributed by atoms with E-state index in [1.165, 1.54) is 0 Å². The van der Waals surface area contributed by atoms with Crippen LogP contribution in [0.15, 0.2) is 0 Å². The molecule has 1 aliphatic carbocycles. The van der Waals surface area contributed by atoms with Gasteiger partial charge in [-0.3, -0.25) is 4.79 Å². The van der Waals surface area contributed by atoms with Crippen LogP contribution in [-0.2, 0) is 14.6 Å². The van der Waals surface area contributed by atoms with Crippen LogP contribution in [0.3, 0.4) is 0 Å². The van der Waals surface area contributed by atoms with E-state index in [-0.39, 0.29) is 22.8 Å². The van der Waals surface area contributed by atoms with Crippen molar-refractivity contribution in [1.82, 2.24) is 4.90 Å². The van der Waals surface area contributed by atoms with Crippen LogP contribution in [0.4, 0.5) is 0 Å². The highest BCUT2D eigenvalue weighted by Gasteiger charge is 2.38. The SMILES string of the molecule is NCC1(CC(=O)N2CCCS(=O)(=O)CC2)CCC1. The molecular weight excluding hydrogens is 252 g/mol. The summed E-state index contributed by atoms with van der Waals surface area (Å²) in [5.41, 5.74) is 5.76. The van der Waals surface area contributed by atoms with Crippen LogP contribution in [-0.4, -0.2) is 50.4 Å². The standard InChI is InChI=1S/C12H22N2O3S/c13-10-12(3-1-4-12)9-11(15)14-5-2-7-18(16,17)8-6-14/h1-10,13H2. The smallest absolute Gasteiger partial charge is 0.223 e. The highest BCUT2D eigenvalue weighted by molar-refractivity contribution is 7.91. The van der Waals surface area contributed by atoms with Gasteiger partial charge >= 0.3 is 0 Å². The fraction of sp³-hybridized carbons (Fsp3) is 0.917. The van der Waals surface area contributed by atoms with Crippen molar-refractivity contribution in [3.8, 4) is 0 Å². The predicted molar refractivity (Wildman–Crippen MR) is 69.8 cm³/mol. The molecule has 0 radical (unpaired) electrons. The molecule has 2 rings (SSSR count). The molecule has 2 N–H and O–H groups in total. The van der Waals surface area contributed by atoms with Gasteiger partial charge in [0.05, 0.1) is 11.5 Å². The summed E-state index contributed by atoms with van der Waals surface area (Å²) < 4.78 is 23.0. The molecule has 0 aromatic heterocycles. The lowest BCUT2D eigenvalue weighted by Gasteiger charge is -2.41. The van der Waals surface area contributed by atoms with Crippen molar-refractivity contribution in [1.29, 1.82) is 0 Å². The zero-order valence-corrected chi connectivity index (χ0v) is 11.5. The van der Waals surface area contributed by atoms with Crippen LogP contribution in [0.5, 0.6) is 0 Å². The number of nitrogens with two attached hydrogens (primary N) is 1. The number of carbonyl (C=O) groups is 1. The minimum absolute atomic E-state index is 0.00224. The van der Waals surface area contributed by atoms with E-state index < -0.39 is 9.84 Å². The number of rotatable bonds is 3. The van der Waals surface area contributed by atoms with Crippen molar-refractivity contribution in [3.05, 3.63) is 0 Å². The Labute approximate surface area is 109 Å². The Balaban J connectivity index is 1.93. The van der Waals surface area contributed by atoms with E-state index in [0.717, 1.165) is 19.3 Å². The topological polar surface area (TPSA) is 80.5 Å². The zero-order chi connectivity index (χ0) is 13.2. The second-order valence-electron chi connectivity index (χ2n) is 5.62. The molecule has 0 unspecified atom stereocenters. The molecule has 104 valence electrons. The fourth-order valence-corrected chi connectivity index (χ4v) is 4.02. The molecule has 0 bridgehead atoms. The van der Waals surface area contributed by atoms with Gasteiger partial charge in [-0.05, 0) is 31.2 Å². The molecule has 2 aliphatic rings. The molecular formula is C12H22N2O3S. The van der Waals surface area contributed by atoms with Gasteiger partial charge in [0, 0.05) is 19.5 Å². The zero-order valence-electron chi connectivity index (χ0n) is 10.7. The van der Waals surface area contributed by atoms with Gasteiger partial charge in [-0.25, -0.2) is 8.42 Å². The van der Waals surface area contributed by atoms with Gasteiger partial charge < -0.3 is 10.6 Å². The van der Waals surface area contributed by atoms with Crippen LogP contribution in [0.25, 0.3) is 0 Å². The Morgan fingerprint density at radius 2 is 1.89 bits per heavy atom. The maximum absolute atomic E-state index is 12.2. The second-order valence-corrected chi connectivity index (χ2v) is 7.92. The summed E-state index contributed by atoms with van der Waals surface area (Å²) >= 11 is 0. The van der Waals surface area contributed by atoms with E-state index in [0.29, 0.717) is 32.5 Å². The summed E-state index contributed by atoms with van der Waals surface area (Å²) in [6.45, 7) is 1.48. The van der Waals surface area contributed by atoms with Gasteiger partial charge in [-0.1, -0.05) is 6.42 Å². The average Bonchev–Trinajstić information content (AvgIpc) is 2.44. The summed E-state index contributed by atoms with van der Waals surface area (Å²) in [5, 5.41) is 0. The highest BCUT2D eigenvalue weighted by Crippen LogP contribution is 2.43. The Morgan fingerprint density at radius 3 is 2.44 bits per heavy atom. The van der Waals surface area contributed by atoms with E-state index in [2.05, 4.69) is 0 Å². The Morgan fingerprint density at radius 1 is 1.17 bits per heavy atom. The van der Waals surface area contributed by atoms with Crippen LogP contribution in [0.1, 0.15) is 32.1 Å². The summed E-state index contributed by atoms with van der Waals surface area (Å²) in [7, 11) is -2.95. The van der Waals surface area contributed by atoms with Crippen LogP contribution >= 0.6 is 0 Å². The molecule has 0 aromatic rings. The van der Waals surface area contributed by atoms with Crippen molar-refractivity contribution < 1.29 is 13.2 Å². The van der Waals surface area contributed by atoms with E-state index in [9.17, 15) is 13.2 Å². The van der Waals surface area contributed by atoms with Crippen molar-refractivity contribution in [2.24, 2.45) is 11.1 Å². The molecule has 0 atom stereocenters. The van der Waals surface area contributed by atoms with Gasteiger partial charge in [0.15, 0.2) is 9.84 Å². The first-order valence-corrected chi connectivity index (χ1v) is 8.47. The number of amides is 1. The maximum Gasteiger partial charge on any atom is 0.223 e. The first-order chi connectivity index (χ1) is 8.46. The van der Waals surface area contributed by atoms with Gasteiger partial charge in [0.25, 0.3) is 0 Å². The Hall–Kier alpha value is -0.620. The van der Waals surface area contributed by atoms with Crippen molar-refractivity contribution in [2.75, 3.05) is 31.1 Å². The number of sulfone groups is 1. The third-order valence-electron chi connectivity index (χ3n) is 4.28. The third-order valence-corrected chi connectivity index (χ3v) is 6.00. The number of hydrogen-bond donors (Lipinski definition) is 1. The normalized spacial score (nSPS) is 26.2. The summed E-state index contributed by atoms with van der Waals surface area (Å²) in [6, 6.07) is 0. The van der Waals surface area contributed by atoms with E-state index in [1.54, 1.807) is 4.90 Å². The van der Waals surface area contributed by atoms with Gasteiger partial charge in [-0.15, -0.1) is 0 Å². The quantitative estimate of drug-likeness (QED) is 0.794. The molecule has 0 spiro atoms. The fourth-order valence-electron chi connectivity index (χ4n) is 2.75. The number of hydrogen-bond acceptors (Lipinski definition) is 4. The third kappa shape index (κ3) is 3.03. The lowest BCUT2D eigenvalue weighted by atomic mass is 9.66. The molecule has 1 saturated heterocycles. The Bertz CT molecular complexity index is 410. The van der Waals surface area contributed by atoms with Crippen LogP contribution < -0.4 is 5.73 Å². The predicted octanol–water partition coefficient (Wildman–Crippen LogP) is 0.153. The number of nitrogens with zero attached hydrogens (tertiary/aromatic N) is 1. The van der Waals surface area contributed by atoms with Crippen LogP contribution in [0.2, 0.25) is 0 Å². The molecule has 2 fully saturated rings. The largest absolute Gasteiger partial charge is 0.342 e. The van der Waals surface area contributed by atoms with Crippen molar-refractivity contribution >= 4 is 15.7 Å². The summed E-state index contributed by atoms with van der Waals surface area (Å²) in [4.78, 5) is 13.9. The minimum Gasteiger partial charge on any atom is -0.342 e. The van der Waals surface area contributed by atoms with Gasteiger partial charge in [0.1, 0.15) is 0 Å². The molecule has 6 heteroatoms. The molecule has 1 heterocycles. The highest BCUT2D eigenvalue weighted by atomic mass is 32.2. The second kappa shape index (κ2) is 5.17. The first kappa shape index (κ1) is 13.8. The van der Waals surface area contributed by atoms with Gasteiger partial charge in [0.2, 0.25) is 5.91 Å². The minimum atomic E-state index is -2.95. The lowest BCUT2D eigenvalue weighted by molar-refractivity contribution is -0.134. The average molecular weight is 274 g/mol. The van der Waals surface area contributed by atoms with Gasteiger partial charge in [-0.2, -0.15) is 0 Å². The molecule has 18 heavy (non-hydrogen) atoms. The lowest BCUT2D eigenvalue weighted by Crippen LogP contribution is -2.44. The van der Waals surface area contributed by atoms with E-state index in [4.69, 9.17) is 5.73 Å². The first-order valence-electron chi connectivity index (χ1n) is 6.65. The number of carbonyl (C=O) groups excluding carboxylic acids is 1. The van der Waals surface area contributed by atoms with Crippen molar-refractivity contribution in [3.63, 3.8) is 0 Å². The molecule has 1 aliphatic heterocycles. The monoisotopic (exact) mass is 274 g/mol.